The second-order valence-electron chi connectivity index (χ2n) is 5.23. The minimum absolute atomic E-state index is 0.0288. The van der Waals surface area contributed by atoms with E-state index in [0.717, 1.165) is 24.4 Å². The van der Waals surface area contributed by atoms with Gasteiger partial charge in [-0.2, -0.15) is 0 Å². The van der Waals surface area contributed by atoms with Crippen LogP contribution in [0.1, 0.15) is 25.8 Å². The van der Waals surface area contributed by atoms with Crippen molar-refractivity contribution in [2.75, 3.05) is 13.2 Å². The average Bonchev–Trinajstić information content (AvgIpc) is 2.75. The zero-order chi connectivity index (χ0) is 13.7. The molecule has 1 aromatic carbocycles. The van der Waals surface area contributed by atoms with E-state index in [1.807, 2.05) is 0 Å². The molecule has 104 valence electrons. The molecule has 0 radical (unpaired) electrons. The van der Waals surface area contributed by atoms with Gasteiger partial charge in [-0.25, -0.2) is 0 Å². The van der Waals surface area contributed by atoms with Crippen LogP contribution in [0.5, 0.6) is 0 Å². The first-order valence-electron chi connectivity index (χ1n) is 6.78. The Morgan fingerprint density at radius 3 is 3.00 bits per heavy atom. The lowest BCUT2D eigenvalue weighted by Gasteiger charge is -2.10. The number of hydrogen-bond donors (Lipinski definition) is 1. The Balaban J connectivity index is 1.89. The maximum absolute atomic E-state index is 11.5. The third kappa shape index (κ3) is 4.55. The molecular formula is C15H21NO2S. The fraction of sp³-hybridized carbons (Fsp3) is 0.533. The summed E-state index contributed by atoms with van der Waals surface area (Å²) in [4.78, 5) is 12.6. The Labute approximate surface area is 119 Å². The lowest BCUT2D eigenvalue weighted by atomic mass is 10.2. The highest BCUT2D eigenvalue weighted by Gasteiger charge is 2.27. The summed E-state index contributed by atoms with van der Waals surface area (Å²) in [5, 5.41) is 3.40. The van der Waals surface area contributed by atoms with Crippen molar-refractivity contribution in [3.05, 3.63) is 29.8 Å². The van der Waals surface area contributed by atoms with Gasteiger partial charge >= 0.3 is 5.97 Å². The summed E-state index contributed by atoms with van der Waals surface area (Å²) in [5.41, 5.74) is 1.26. The summed E-state index contributed by atoms with van der Waals surface area (Å²) in [5.74, 6) is 0.583. The zero-order valence-corrected chi connectivity index (χ0v) is 12.3. The van der Waals surface area contributed by atoms with Crippen LogP contribution in [0, 0.1) is 5.92 Å². The summed E-state index contributed by atoms with van der Waals surface area (Å²) in [6, 6.07) is 8.38. The number of thioether (sulfide) groups is 1. The first-order chi connectivity index (χ1) is 9.15. The molecule has 2 rings (SSSR count). The summed E-state index contributed by atoms with van der Waals surface area (Å²) < 4.78 is 4.99. The van der Waals surface area contributed by atoms with Gasteiger partial charge < -0.3 is 10.1 Å². The number of carbonyl (C=O) groups is 1. The number of benzene rings is 1. The normalized spacial score (nSPS) is 18.9. The SMILES string of the molecule is CC(C)CNCc1cccc(SC2CCOC2=O)c1. The summed E-state index contributed by atoms with van der Waals surface area (Å²) in [6.45, 7) is 6.86. The molecule has 0 aliphatic carbocycles. The fourth-order valence-electron chi connectivity index (χ4n) is 1.98. The molecule has 0 spiro atoms. The van der Waals surface area contributed by atoms with Gasteiger partial charge in [-0.15, -0.1) is 11.8 Å². The van der Waals surface area contributed by atoms with Crippen molar-refractivity contribution >= 4 is 17.7 Å². The molecular weight excluding hydrogens is 258 g/mol. The van der Waals surface area contributed by atoms with Crippen molar-refractivity contribution in [1.29, 1.82) is 0 Å². The van der Waals surface area contributed by atoms with Crippen LogP contribution in [0.3, 0.4) is 0 Å². The third-order valence-electron chi connectivity index (χ3n) is 2.95. The number of hydrogen-bond acceptors (Lipinski definition) is 4. The molecule has 1 heterocycles. The van der Waals surface area contributed by atoms with E-state index in [1.54, 1.807) is 11.8 Å². The highest BCUT2D eigenvalue weighted by atomic mass is 32.2. The van der Waals surface area contributed by atoms with Crippen LogP contribution >= 0.6 is 11.8 Å². The first-order valence-corrected chi connectivity index (χ1v) is 7.66. The van der Waals surface area contributed by atoms with Crippen molar-refractivity contribution in [3.8, 4) is 0 Å². The Morgan fingerprint density at radius 2 is 2.32 bits per heavy atom. The van der Waals surface area contributed by atoms with Crippen LogP contribution < -0.4 is 5.32 Å². The van der Waals surface area contributed by atoms with E-state index in [1.165, 1.54) is 5.56 Å². The minimum atomic E-state index is -0.0756. The summed E-state index contributed by atoms with van der Waals surface area (Å²) >= 11 is 1.61. The molecule has 1 aromatic rings. The zero-order valence-electron chi connectivity index (χ0n) is 11.5. The number of ether oxygens (including phenoxy) is 1. The van der Waals surface area contributed by atoms with E-state index in [2.05, 4.69) is 43.4 Å². The van der Waals surface area contributed by atoms with Crippen molar-refractivity contribution < 1.29 is 9.53 Å². The van der Waals surface area contributed by atoms with Gasteiger partial charge in [-0.05, 0) is 30.2 Å². The summed E-state index contributed by atoms with van der Waals surface area (Å²) in [7, 11) is 0. The van der Waals surface area contributed by atoms with Gasteiger partial charge in [0.15, 0.2) is 0 Å². The van der Waals surface area contributed by atoms with E-state index in [0.29, 0.717) is 12.5 Å². The van der Waals surface area contributed by atoms with Gasteiger partial charge in [0.25, 0.3) is 0 Å². The van der Waals surface area contributed by atoms with E-state index in [4.69, 9.17) is 4.74 Å². The molecule has 0 aromatic heterocycles. The average molecular weight is 279 g/mol. The Kier molecular flexibility index (Phi) is 5.28. The minimum Gasteiger partial charge on any atom is -0.465 e. The molecule has 4 heteroatoms. The van der Waals surface area contributed by atoms with Crippen LogP contribution in [-0.4, -0.2) is 24.4 Å². The fourth-order valence-corrected chi connectivity index (χ4v) is 3.07. The van der Waals surface area contributed by atoms with Crippen molar-refractivity contribution in [2.24, 2.45) is 5.92 Å². The molecule has 1 unspecified atom stereocenters. The van der Waals surface area contributed by atoms with E-state index < -0.39 is 0 Å². The van der Waals surface area contributed by atoms with Gasteiger partial charge in [0, 0.05) is 17.9 Å². The molecule has 1 aliphatic rings. The van der Waals surface area contributed by atoms with Gasteiger partial charge in [-0.1, -0.05) is 26.0 Å². The van der Waals surface area contributed by atoms with Gasteiger partial charge in [-0.3, -0.25) is 4.79 Å². The second-order valence-corrected chi connectivity index (χ2v) is 6.51. The van der Waals surface area contributed by atoms with Crippen LogP contribution in [0.15, 0.2) is 29.2 Å². The highest BCUT2D eigenvalue weighted by Crippen LogP contribution is 2.29. The van der Waals surface area contributed by atoms with Crippen molar-refractivity contribution in [2.45, 2.75) is 37.0 Å². The number of rotatable bonds is 6. The number of esters is 1. The highest BCUT2D eigenvalue weighted by molar-refractivity contribution is 8.00. The smallest absolute Gasteiger partial charge is 0.319 e. The quantitative estimate of drug-likeness (QED) is 0.813. The Morgan fingerprint density at radius 1 is 1.47 bits per heavy atom. The molecule has 1 saturated heterocycles. The molecule has 3 nitrogen and oxygen atoms in total. The molecule has 0 bridgehead atoms. The predicted octanol–water partition coefficient (Wildman–Crippen LogP) is 2.84. The van der Waals surface area contributed by atoms with E-state index >= 15 is 0 Å². The molecule has 1 N–H and O–H groups in total. The van der Waals surface area contributed by atoms with Crippen LogP contribution in [-0.2, 0) is 16.1 Å². The lowest BCUT2D eigenvalue weighted by molar-refractivity contribution is -0.137. The van der Waals surface area contributed by atoms with E-state index in [-0.39, 0.29) is 11.2 Å². The first kappa shape index (κ1) is 14.4. The second kappa shape index (κ2) is 6.96. The third-order valence-corrected chi connectivity index (χ3v) is 4.18. The van der Waals surface area contributed by atoms with Crippen LogP contribution in [0.4, 0.5) is 0 Å². The number of nitrogens with one attached hydrogen (secondary N) is 1. The van der Waals surface area contributed by atoms with Gasteiger partial charge in [0.05, 0.1) is 6.61 Å². The van der Waals surface area contributed by atoms with Gasteiger partial charge in [0.2, 0.25) is 0 Å². The largest absolute Gasteiger partial charge is 0.465 e. The molecule has 0 saturated carbocycles. The number of carbonyl (C=O) groups excluding carboxylic acids is 1. The maximum atomic E-state index is 11.5. The van der Waals surface area contributed by atoms with Crippen molar-refractivity contribution in [1.82, 2.24) is 5.32 Å². The maximum Gasteiger partial charge on any atom is 0.319 e. The molecule has 0 amide bonds. The number of cyclic esters (lactones) is 1. The summed E-state index contributed by atoms with van der Waals surface area (Å²) in [6.07, 6.45) is 0.819. The lowest BCUT2D eigenvalue weighted by Crippen LogP contribution is -2.18. The van der Waals surface area contributed by atoms with E-state index in [9.17, 15) is 4.79 Å². The molecule has 1 atom stereocenters. The van der Waals surface area contributed by atoms with Crippen LogP contribution in [0.25, 0.3) is 0 Å². The topological polar surface area (TPSA) is 38.3 Å². The Hall–Kier alpha value is -1.00. The standard InChI is InChI=1S/C15H21NO2S/c1-11(2)9-16-10-12-4-3-5-13(8-12)19-14-6-7-18-15(14)17/h3-5,8,11,14,16H,6-7,9-10H2,1-2H3. The Bertz CT molecular complexity index is 434. The molecule has 1 aliphatic heterocycles. The van der Waals surface area contributed by atoms with Gasteiger partial charge in [0.1, 0.15) is 5.25 Å². The predicted molar refractivity (Wildman–Crippen MR) is 78.2 cm³/mol. The van der Waals surface area contributed by atoms with Crippen molar-refractivity contribution in [3.63, 3.8) is 0 Å². The van der Waals surface area contributed by atoms with Crippen LogP contribution in [0.2, 0.25) is 0 Å². The molecule has 19 heavy (non-hydrogen) atoms. The molecule has 1 fully saturated rings. The monoisotopic (exact) mass is 279 g/mol.